The number of benzene rings is 1. The fraction of sp³-hybridized carbons (Fsp3) is 0.500. The molecule has 1 amide bonds. The van der Waals surface area contributed by atoms with Crippen molar-refractivity contribution in [2.24, 2.45) is 5.73 Å². The van der Waals surface area contributed by atoms with E-state index in [4.69, 9.17) is 17.3 Å². The summed E-state index contributed by atoms with van der Waals surface area (Å²) in [5, 5.41) is 0.350. The van der Waals surface area contributed by atoms with Crippen LogP contribution < -0.4 is 5.73 Å². The third kappa shape index (κ3) is 3.25. The highest BCUT2D eigenvalue weighted by molar-refractivity contribution is 6.31. The molecule has 2 N–H and O–H groups in total. The van der Waals surface area contributed by atoms with Gasteiger partial charge in [-0.1, -0.05) is 24.6 Å². The minimum absolute atomic E-state index is 0.121. The molecular formula is C14H18ClFN2O. The molecule has 2 rings (SSSR count). The van der Waals surface area contributed by atoms with Crippen LogP contribution in [0, 0.1) is 5.82 Å². The number of carbonyl (C=O) groups excluding carboxylic acids is 1. The van der Waals surface area contributed by atoms with E-state index in [0.29, 0.717) is 17.0 Å². The summed E-state index contributed by atoms with van der Waals surface area (Å²) in [5.41, 5.74) is 6.16. The Bertz CT molecular complexity index is 456. The molecule has 0 saturated heterocycles. The van der Waals surface area contributed by atoms with Crippen molar-refractivity contribution in [1.82, 2.24) is 4.90 Å². The molecule has 104 valence electrons. The zero-order valence-electron chi connectivity index (χ0n) is 10.9. The second-order valence-corrected chi connectivity index (χ2v) is 5.32. The maximum absolute atomic E-state index is 13.8. The molecule has 3 nitrogen and oxygen atoms in total. The van der Waals surface area contributed by atoms with Gasteiger partial charge in [-0.2, -0.15) is 0 Å². The number of halogens is 2. The lowest BCUT2D eigenvalue weighted by Crippen LogP contribution is -2.44. The zero-order valence-corrected chi connectivity index (χ0v) is 11.7. The summed E-state index contributed by atoms with van der Waals surface area (Å²) in [4.78, 5) is 13.9. The Hall–Kier alpha value is -1.13. The van der Waals surface area contributed by atoms with E-state index in [2.05, 4.69) is 0 Å². The molecule has 5 heteroatoms. The third-order valence-electron chi connectivity index (χ3n) is 3.42. The normalized spacial score (nSPS) is 16.2. The van der Waals surface area contributed by atoms with Crippen molar-refractivity contribution in [2.45, 2.75) is 44.8 Å². The van der Waals surface area contributed by atoms with E-state index in [1.807, 2.05) is 6.92 Å². The molecule has 0 heterocycles. The second-order valence-electron chi connectivity index (χ2n) is 4.91. The van der Waals surface area contributed by atoms with E-state index in [1.165, 1.54) is 6.07 Å². The van der Waals surface area contributed by atoms with Gasteiger partial charge in [-0.15, -0.1) is 0 Å². The molecular weight excluding hydrogens is 267 g/mol. The van der Waals surface area contributed by atoms with Crippen LogP contribution in [0.15, 0.2) is 18.2 Å². The molecule has 0 aliphatic heterocycles. The van der Waals surface area contributed by atoms with Crippen LogP contribution in [0.5, 0.6) is 0 Å². The minimum atomic E-state index is -0.522. The standard InChI is InChI=1S/C14H18ClFN2O/c1-2-13(17)14(19)18(9-6-7-9)8-10-11(15)4-3-5-12(10)16/h3-5,9,13H,2,6-8,17H2,1H3/t13-/m1/s1. The quantitative estimate of drug-likeness (QED) is 0.904. The first-order valence-electron chi connectivity index (χ1n) is 6.53. The molecule has 0 aromatic heterocycles. The SMILES string of the molecule is CC[C@@H](N)C(=O)N(Cc1c(F)cccc1Cl)C1CC1. The molecule has 19 heavy (non-hydrogen) atoms. The van der Waals surface area contributed by atoms with Gasteiger partial charge in [-0.3, -0.25) is 4.79 Å². The topological polar surface area (TPSA) is 46.3 Å². The first kappa shape index (κ1) is 14.3. The van der Waals surface area contributed by atoms with Crippen LogP contribution in [0.25, 0.3) is 0 Å². The van der Waals surface area contributed by atoms with Gasteiger partial charge >= 0.3 is 0 Å². The van der Waals surface area contributed by atoms with Gasteiger partial charge in [0.1, 0.15) is 5.82 Å². The van der Waals surface area contributed by atoms with E-state index in [-0.39, 0.29) is 24.3 Å². The van der Waals surface area contributed by atoms with Gasteiger partial charge in [0, 0.05) is 16.6 Å². The Morgan fingerprint density at radius 2 is 2.26 bits per heavy atom. The molecule has 1 atom stereocenters. The molecule has 1 aromatic rings. The van der Waals surface area contributed by atoms with Gasteiger partial charge < -0.3 is 10.6 Å². The smallest absolute Gasteiger partial charge is 0.240 e. The van der Waals surface area contributed by atoms with Crippen molar-refractivity contribution < 1.29 is 9.18 Å². The van der Waals surface area contributed by atoms with Gasteiger partial charge in [0.05, 0.1) is 12.6 Å². The summed E-state index contributed by atoms with van der Waals surface area (Å²) >= 11 is 6.01. The average Bonchev–Trinajstić information content (AvgIpc) is 3.21. The predicted molar refractivity (Wildman–Crippen MR) is 73.2 cm³/mol. The van der Waals surface area contributed by atoms with Gasteiger partial charge in [-0.25, -0.2) is 4.39 Å². The average molecular weight is 285 g/mol. The van der Waals surface area contributed by atoms with Crippen LogP contribution in [-0.2, 0) is 11.3 Å². The highest BCUT2D eigenvalue weighted by Gasteiger charge is 2.35. The molecule has 1 aromatic carbocycles. The van der Waals surface area contributed by atoms with Gasteiger partial charge in [-0.05, 0) is 31.4 Å². The Balaban J connectivity index is 2.20. The molecule has 1 aliphatic carbocycles. The molecule has 1 fully saturated rings. The fourth-order valence-electron chi connectivity index (χ4n) is 2.01. The summed E-state index contributed by atoms with van der Waals surface area (Å²) in [6.45, 7) is 2.06. The summed E-state index contributed by atoms with van der Waals surface area (Å²) in [6.07, 6.45) is 2.48. The summed E-state index contributed by atoms with van der Waals surface area (Å²) in [5.74, 6) is -0.500. The zero-order chi connectivity index (χ0) is 14.0. The monoisotopic (exact) mass is 284 g/mol. The van der Waals surface area contributed by atoms with Gasteiger partial charge in [0.15, 0.2) is 0 Å². The third-order valence-corrected chi connectivity index (χ3v) is 3.77. The molecule has 0 bridgehead atoms. The lowest BCUT2D eigenvalue weighted by atomic mass is 10.1. The predicted octanol–water partition coefficient (Wildman–Crippen LogP) is 2.71. The van der Waals surface area contributed by atoms with Crippen LogP contribution >= 0.6 is 11.6 Å². The summed E-state index contributed by atoms with van der Waals surface area (Å²) < 4.78 is 13.8. The van der Waals surface area contributed by atoms with E-state index in [9.17, 15) is 9.18 Å². The van der Waals surface area contributed by atoms with Gasteiger partial charge in [0.25, 0.3) is 0 Å². The number of hydrogen-bond acceptors (Lipinski definition) is 2. The Morgan fingerprint density at radius 3 is 2.79 bits per heavy atom. The molecule has 0 radical (unpaired) electrons. The van der Waals surface area contributed by atoms with Crippen molar-refractivity contribution in [3.05, 3.63) is 34.6 Å². The van der Waals surface area contributed by atoms with Crippen molar-refractivity contribution in [2.75, 3.05) is 0 Å². The van der Waals surface area contributed by atoms with Crippen molar-refractivity contribution in [1.29, 1.82) is 0 Å². The number of hydrogen-bond donors (Lipinski definition) is 1. The number of rotatable bonds is 5. The van der Waals surface area contributed by atoms with Crippen LogP contribution in [0.2, 0.25) is 5.02 Å². The fourth-order valence-corrected chi connectivity index (χ4v) is 2.24. The van der Waals surface area contributed by atoms with Crippen LogP contribution in [-0.4, -0.2) is 22.9 Å². The van der Waals surface area contributed by atoms with E-state index >= 15 is 0 Å². The summed E-state index contributed by atoms with van der Waals surface area (Å²) in [6, 6.07) is 4.21. The number of amides is 1. The van der Waals surface area contributed by atoms with Crippen molar-refractivity contribution >= 4 is 17.5 Å². The molecule has 1 saturated carbocycles. The van der Waals surface area contributed by atoms with E-state index < -0.39 is 6.04 Å². The van der Waals surface area contributed by atoms with Crippen LogP contribution in [0.1, 0.15) is 31.7 Å². The van der Waals surface area contributed by atoms with E-state index in [1.54, 1.807) is 17.0 Å². The molecule has 0 spiro atoms. The lowest BCUT2D eigenvalue weighted by molar-refractivity contribution is -0.133. The minimum Gasteiger partial charge on any atom is -0.334 e. The number of nitrogens with zero attached hydrogens (tertiary/aromatic N) is 1. The molecule has 1 aliphatic rings. The summed E-state index contributed by atoms with van der Waals surface area (Å²) in [7, 11) is 0. The number of carbonyl (C=O) groups is 1. The molecule has 0 unspecified atom stereocenters. The van der Waals surface area contributed by atoms with Gasteiger partial charge in [0.2, 0.25) is 5.91 Å². The van der Waals surface area contributed by atoms with E-state index in [0.717, 1.165) is 12.8 Å². The second kappa shape index (κ2) is 5.88. The highest BCUT2D eigenvalue weighted by atomic mass is 35.5. The van der Waals surface area contributed by atoms with Crippen LogP contribution in [0.3, 0.4) is 0 Å². The largest absolute Gasteiger partial charge is 0.334 e. The lowest BCUT2D eigenvalue weighted by Gasteiger charge is -2.26. The first-order chi connectivity index (χ1) is 9.04. The van der Waals surface area contributed by atoms with Crippen molar-refractivity contribution in [3.63, 3.8) is 0 Å². The number of nitrogens with two attached hydrogens (primary N) is 1. The Labute approximate surface area is 117 Å². The highest BCUT2D eigenvalue weighted by Crippen LogP contribution is 2.31. The maximum atomic E-state index is 13.8. The van der Waals surface area contributed by atoms with Crippen LogP contribution in [0.4, 0.5) is 4.39 Å². The Morgan fingerprint density at radius 1 is 1.58 bits per heavy atom. The first-order valence-corrected chi connectivity index (χ1v) is 6.91. The van der Waals surface area contributed by atoms with Crippen molar-refractivity contribution in [3.8, 4) is 0 Å². The Kier molecular flexibility index (Phi) is 4.42. The maximum Gasteiger partial charge on any atom is 0.240 e.